The van der Waals surface area contributed by atoms with Gasteiger partial charge < -0.3 is 21.5 Å². The first kappa shape index (κ1) is 18.2. The van der Waals surface area contributed by atoms with Gasteiger partial charge in [-0.3, -0.25) is 4.79 Å². The Morgan fingerprint density at radius 1 is 1.36 bits per heavy atom. The molecule has 0 aromatic heterocycles. The molecule has 0 saturated carbocycles. The van der Waals surface area contributed by atoms with Gasteiger partial charge in [0, 0.05) is 12.3 Å². The third kappa shape index (κ3) is 4.86. The van der Waals surface area contributed by atoms with E-state index < -0.39 is 24.0 Å². The van der Waals surface area contributed by atoms with E-state index in [-0.39, 0.29) is 18.4 Å². The topological polar surface area (TPSA) is 151 Å². The van der Waals surface area contributed by atoms with Crippen LogP contribution in [-0.4, -0.2) is 58.3 Å². The van der Waals surface area contributed by atoms with E-state index in [4.69, 9.17) is 16.6 Å². The number of nitrogens with zero attached hydrogens (tertiary/aromatic N) is 3. The molecule has 0 bridgehead atoms. The van der Waals surface area contributed by atoms with Crippen LogP contribution in [0.4, 0.5) is 0 Å². The van der Waals surface area contributed by atoms with Crippen molar-refractivity contribution in [3.63, 3.8) is 0 Å². The van der Waals surface area contributed by atoms with E-state index in [1.54, 1.807) is 0 Å². The molecule has 2 unspecified atom stereocenters. The molecule has 1 aliphatic rings. The van der Waals surface area contributed by atoms with Crippen LogP contribution >= 0.6 is 12.6 Å². The van der Waals surface area contributed by atoms with Crippen LogP contribution in [0.1, 0.15) is 25.7 Å². The number of carbonyl (C=O) groups excluding carboxylic acids is 1. The van der Waals surface area contributed by atoms with Crippen LogP contribution in [0.15, 0.2) is 10.2 Å². The molecule has 0 aliphatic carbocycles. The minimum absolute atomic E-state index is 0.0912. The molecule has 0 spiro atoms. The highest BCUT2D eigenvalue weighted by Crippen LogP contribution is 2.21. The van der Waals surface area contributed by atoms with Gasteiger partial charge in [-0.05, 0) is 25.7 Å². The first-order valence-corrected chi connectivity index (χ1v) is 7.59. The fourth-order valence-electron chi connectivity index (χ4n) is 2.46. The molecule has 1 amide bonds. The van der Waals surface area contributed by atoms with E-state index in [9.17, 15) is 14.5 Å². The zero-order valence-corrected chi connectivity index (χ0v) is 13.0. The molecule has 0 radical (unpaired) electrons. The summed E-state index contributed by atoms with van der Waals surface area (Å²) >= 11 is 4.10. The SMILES string of the molecule is NC(N)=NC(CS)CCC(N=O)C(=O)N1CCC[C@H]1C(=O)O. The highest BCUT2D eigenvalue weighted by Gasteiger charge is 2.37. The first-order chi connectivity index (χ1) is 10.4. The Bertz CT molecular complexity index is 455. The highest BCUT2D eigenvalue weighted by atomic mass is 32.1. The number of rotatable bonds is 8. The quantitative estimate of drug-likeness (QED) is 0.205. The average Bonchev–Trinajstić information content (AvgIpc) is 2.95. The van der Waals surface area contributed by atoms with Crippen molar-refractivity contribution in [3.05, 3.63) is 4.91 Å². The lowest BCUT2D eigenvalue weighted by atomic mass is 10.1. The number of nitroso groups, excluding NO2 is 1. The lowest BCUT2D eigenvalue weighted by Crippen LogP contribution is -2.45. The molecule has 0 aromatic rings. The number of likely N-dealkylation sites (tertiary alicyclic amines) is 1. The van der Waals surface area contributed by atoms with Gasteiger partial charge in [0.15, 0.2) is 12.0 Å². The van der Waals surface area contributed by atoms with Crippen molar-refractivity contribution in [1.82, 2.24) is 4.90 Å². The minimum atomic E-state index is -1.13. The Morgan fingerprint density at radius 3 is 2.55 bits per heavy atom. The average molecular weight is 331 g/mol. The molecular formula is C12H21N5O4S. The number of thiol groups is 1. The maximum Gasteiger partial charge on any atom is 0.326 e. The Kier molecular flexibility index (Phi) is 7.09. The van der Waals surface area contributed by atoms with Gasteiger partial charge in [0.25, 0.3) is 5.91 Å². The van der Waals surface area contributed by atoms with Crippen molar-refractivity contribution in [2.45, 2.75) is 43.8 Å². The molecule has 1 rings (SSSR count). The lowest BCUT2D eigenvalue weighted by Gasteiger charge is -2.24. The Balaban J connectivity index is 2.67. The summed E-state index contributed by atoms with van der Waals surface area (Å²) in [5, 5.41) is 11.9. The van der Waals surface area contributed by atoms with E-state index in [2.05, 4.69) is 22.8 Å². The summed E-state index contributed by atoms with van der Waals surface area (Å²) in [6.45, 7) is 0.325. The highest BCUT2D eigenvalue weighted by molar-refractivity contribution is 7.80. The van der Waals surface area contributed by atoms with Crippen LogP contribution in [0.5, 0.6) is 0 Å². The molecular weight excluding hydrogens is 310 g/mol. The number of hydrogen-bond acceptors (Lipinski definition) is 6. The number of carboxylic acids is 1. The fourth-order valence-corrected chi connectivity index (χ4v) is 2.72. The van der Waals surface area contributed by atoms with Crippen LogP contribution in [0, 0.1) is 4.91 Å². The molecule has 3 atom stereocenters. The summed E-state index contributed by atoms with van der Waals surface area (Å²) < 4.78 is 0. The van der Waals surface area contributed by atoms with Crippen molar-refractivity contribution >= 4 is 30.5 Å². The Hall–Kier alpha value is -1.84. The van der Waals surface area contributed by atoms with Crippen LogP contribution in [0.2, 0.25) is 0 Å². The Morgan fingerprint density at radius 2 is 2.05 bits per heavy atom. The van der Waals surface area contributed by atoms with E-state index in [0.717, 1.165) is 0 Å². The van der Waals surface area contributed by atoms with Gasteiger partial charge in [-0.25, -0.2) is 9.79 Å². The van der Waals surface area contributed by atoms with Gasteiger partial charge in [-0.1, -0.05) is 5.18 Å². The maximum atomic E-state index is 12.3. The number of aliphatic imine (C=N–C) groups is 1. The molecule has 0 aromatic carbocycles. The summed E-state index contributed by atoms with van der Waals surface area (Å²) in [4.78, 5) is 39.5. The van der Waals surface area contributed by atoms with Crippen LogP contribution < -0.4 is 11.5 Å². The molecule has 22 heavy (non-hydrogen) atoms. The molecule has 10 heteroatoms. The van der Waals surface area contributed by atoms with Crippen LogP contribution in [0.25, 0.3) is 0 Å². The summed E-state index contributed by atoms with van der Waals surface area (Å²) in [7, 11) is 0. The van der Waals surface area contributed by atoms with Gasteiger partial charge in [-0.15, -0.1) is 4.91 Å². The van der Waals surface area contributed by atoms with Gasteiger partial charge in [-0.2, -0.15) is 12.6 Å². The smallest absolute Gasteiger partial charge is 0.326 e. The lowest BCUT2D eigenvalue weighted by molar-refractivity contribution is -0.148. The van der Waals surface area contributed by atoms with Crippen LogP contribution in [0.3, 0.4) is 0 Å². The number of guanidine groups is 1. The van der Waals surface area contributed by atoms with Crippen molar-refractivity contribution in [3.8, 4) is 0 Å². The summed E-state index contributed by atoms with van der Waals surface area (Å²) in [6, 6.07) is -2.33. The van der Waals surface area contributed by atoms with Gasteiger partial charge in [0.1, 0.15) is 6.04 Å². The van der Waals surface area contributed by atoms with E-state index in [0.29, 0.717) is 31.6 Å². The van der Waals surface area contributed by atoms with Crippen molar-refractivity contribution < 1.29 is 14.7 Å². The standard InChI is InChI=1S/C12H21N5O4S/c13-12(14)15-7(6-22)3-4-8(16-21)10(18)17-5-1-2-9(17)11(19)20/h7-9,22H,1-6H2,(H,19,20)(H4,13,14,15)/t7?,8?,9-/m0/s1. The van der Waals surface area contributed by atoms with Crippen molar-refractivity contribution in [1.29, 1.82) is 0 Å². The molecule has 124 valence electrons. The van der Waals surface area contributed by atoms with Crippen molar-refractivity contribution in [2.24, 2.45) is 21.6 Å². The second kappa shape index (κ2) is 8.57. The molecule has 1 fully saturated rings. The predicted octanol–water partition coefficient (Wildman–Crippen LogP) is -0.451. The van der Waals surface area contributed by atoms with Crippen molar-refractivity contribution in [2.75, 3.05) is 12.3 Å². The minimum Gasteiger partial charge on any atom is -0.480 e. The zero-order chi connectivity index (χ0) is 16.7. The Labute approximate surface area is 133 Å². The second-order valence-corrected chi connectivity index (χ2v) is 5.48. The number of carbonyl (C=O) groups is 2. The molecule has 5 N–H and O–H groups in total. The zero-order valence-electron chi connectivity index (χ0n) is 12.1. The van der Waals surface area contributed by atoms with Gasteiger partial charge in [0.2, 0.25) is 0 Å². The molecule has 1 aliphatic heterocycles. The third-order valence-corrected chi connectivity index (χ3v) is 3.97. The number of amides is 1. The normalized spacial score (nSPS) is 20.2. The maximum absolute atomic E-state index is 12.3. The number of nitrogens with two attached hydrogens (primary N) is 2. The van der Waals surface area contributed by atoms with Gasteiger partial charge in [0.05, 0.1) is 6.04 Å². The van der Waals surface area contributed by atoms with E-state index in [1.807, 2.05) is 0 Å². The molecule has 9 nitrogen and oxygen atoms in total. The third-order valence-electron chi connectivity index (χ3n) is 3.55. The summed E-state index contributed by atoms with van der Waals surface area (Å²) in [5.74, 6) is -1.35. The van der Waals surface area contributed by atoms with E-state index in [1.165, 1.54) is 4.90 Å². The first-order valence-electron chi connectivity index (χ1n) is 6.96. The largest absolute Gasteiger partial charge is 0.480 e. The fraction of sp³-hybridized carbons (Fsp3) is 0.750. The number of hydrogen-bond donors (Lipinski definition) is 4. The van der Waals surface area contributed by atoms with Crippen LogP contribution in [-0.2, 0) is 9.59 Å². The predicted molar refractivity (Wildman–Crippen MR) is 84.6 cm³/mol. The van der Waals surface area contributed by atoms with Gasteiger partial charge >= 0.3 is 5.97 Å². The monoisotopic (exact) mass is 331 g/mol. The summed E-state index contributed by atoms with van der Waals surface area (Å²) in [5.41, 5.74) is 10.6. The van der Waals surface area contributed by atoms with E-state index >= 15 is 0 Å². The number of carboxylic acid groups (broad SMARTS) is 1. The second-order valence-electron chi connectivity index (χ2n) is 5.12. The molecule has 1 saturated heterocycles. The number of aliphatic carboxylic acids is 1. The summed E-state index contributed by atoms with van der Waals surface area (Å²) in [6.07, 6.45) is 1.49. The molecule has 1 heterocycles.